The Hall–Kier alpha value is -2.51. The number of non-ortho nitro benzene ring substituents is 1. The van der Waals surface area contributed by atoms with Crippen molar-refractivity contribution in [2.24, 2.45) is 0 Å². The third-order valence-corrected chi connectivity index (χ3v) is 3.61. The summed E-state index contributed by atoms with van der Waals surface area (Å²) in [5.41, 5.74) is 1.13. The second-order valence-corrected chi connectivity index (χ2v) is 5.00. The molecule has 6 nitrogen and oxygen atoms in total. The van der Waals surface area contributed by atoms with Crippen LogP contribution < -0.4 is 5.32 Å². The molecule has 0 saturated carbocycles. The zero-order valence-electron chi connectivity index (χ0n) is 10.9. The lowest BCUT2D eigenvalue weighted by atomic mass is 9.93. The summed E-state index contributed by atoms with van der Waals surface area (Å²) >= 11 is 0. The molecule has 2 aromatic rings. The van der Waals surface area contributed by atoms with Crippen molar-refractivity contribution in [3.8, 4) is 0 Å². The first kappa shape index (κ1) is 13.5. The molecule has 110 valence electrons. The second kappa shape index (κ2) is 5.12. The minimum absolute atomic E-state index is 0.150. The van der Waals surface area contributed by atoms with Crippen LogP contribution in [0.5, 0.6) is 0 Å². The third-order valence-electron chi connectivity index (χ3n) is 3.61. The number of aromatic amines is 1. The smallest absolute Gasteiger partial charge is 0.275 e. The van der Waals surface area contributed by atoms with Crippen LogP contribution >= 0.6 is 0 Å². The third kappa shape index (κ3) is 2.56. The first-order valence-corrected chi connectivity index (χ1v) is 6.45. The summed E-state index contributed by atoms with van der Waals surface area (Å²) in [4.78, 5) is 9.73. The quantitative estimate of drug-likeness (QED) is 0.673. The van der Waals surface area contributed by atoms with E-state index in [1.54, 1.807) is 6.20 Å². The van der Waals surface area contributed by atoms with E-state index in [2.05, 4.69) is 15.5 Å². The van der Waals surface area contributed by atoms with Gasteiger partial charge in [-0.1, -0.05) is 0 Å². The fourth-order valence-electron chi connectivity index (χ4n) is 2.54. The van der Waals surface area contributed by atoms with Crippen LogP contribution in [0.25, 0.3) is 0 Å². The first-order valence-electron chi connectivity index (χ1n) is 6.45. The molecule has 0 saturated heterocycles. The number of fused-ring (bicyclic) bond motifs is 1. The predicted molar refractivity (Wildman–Crippen MR) is 71.0 cm³/mol. The summed E-state index contributed by atoms with van der Waals surface area (Å²) in [7, 11) is 0. The molecule has 1 aliphatic carbocycles. The van der Waals surface area contributed by atoms with Gasteiger partial charge >= 0.3 is 0 Å². The molecule has 1 heterocycles. The fraction of sp³-hybridized carbons (Fsp3) is 0.308. The van der Waals surface area contributed by atoms with Crippen molar-refractivity contribution < 1.29 is 13.7 Å². The molecule has 0 aliphatic heterocycles. The van der Waals surface area contributed by atoms with Crippen molar-refractivity contribution in [3.05, 3.63) is 51.3 Å². The number of aromatic nitrogens is 2. The fourth-order valence-corrected chi connectivity index (χ4v) is 2.54. The Bertz CT molecular complexity index is 678. The predicted octanol–water partition coefficient (Wildman–Crippen LogP) is 2.57. The molecule has 1 atom stereocenters. The summed E-state index contributed by atoms with van der Waals surface area (Å²) in [5, 5.41) is 20.1. The van der Waals surface area contributed by atoms with E-state index in [1.165, 1.54) is 0 Å². The first-order chi connectivity index (χ1) is 10.0. The van der Waals surface area contributed by atoms with E-state index in [9.17, 15) is 18.9 Å². The molecule has 0 fully saturated rings. The second-order valence-electron chi connectivity index (χ2n) is 5.00. The van der Waals surface area contributed by atoms with Crippen LogP contribution in [-0.2, 0) is 12.8 Å². The lowest BCUT2D eigenvalue weighted by Gasteiger charge is -2.24. The molecule has 8 heteroatoms. The van der Waals surface area contributed by atoms with Gasteiger partial charge in [0.1, 0.15) is 5.69 Å². The topological polar surface area (TPSA) is 83.8 Å². The normalized spacial score (nSPS) is 17.3. The number of hydrogen-bond donors (Lipinski definition) is 2. The van der Waals surface area contributed by atoms with Crippen LogP contribution in [0.2, 0.25) is 0 Å². The Balaban J connectivity index is 1.81. The van der Waals surface area contributed by atoms with Gasteiger partial charge in [0.2, 0.25) is 0 Å². The maximum atomic E-state index is 13.8. The molecule has 1 aliphatic rings. The van der Waals surface area contributed by atoms with Crippen LogP contribution in [0.3, 0.4) is 0 Å². The summed E-state index contributed by atoms with van der Waals surface area (Å²) < 4.78 is 27.7. The average Bonchev–Trinajstić information content (AvgIpc) is 2.90. The molecule has 21 heavy (non-hydrogen) atoms. The lowest BCUT2D eigenvalue weighted by Crippen LogP contribution is -2.28. The average molecular weight is 294 g/mol. The monoisotopic (exact) mass is 294 g/mol. The maximum absolute atomic E-state index is 13.8. The van der Waals surface area contributed by atoms with E-state index >= 15 is 0 Å². The highest BCUT2D eigenvalue weighted by Gasteiger charge is 2.23. The molecule has 2 N–H and O–H groups in total. The molecular formula is C13H12F2N4O2. The molecule has 0 unspecified atom stereocenters. The zero-order valence-corrected chi connectivity index (χ0v) is 10.9. The van der Waals surface area contributed by atoms with Crippen LogP contribution in [0.4, 0.5) is 20.2 Å². The number of nitro groups is 1. The number of aryl methyl sites for hydroxylation is 1. The Morgan fingerprint density at radius 1 is 1.38 bits per heavy atom. The Morgan fingerprint density at radius 3 is 2.76 bits per heavy atom. The van der Waals surface area contributed by atoms with E-state index in [0.717, 1.165) is 29.8 Å². The van der Waals surface area contributed by atoms with Crippen molar-refractivity contribution in [1.29, 1.82) is 0 Å². The molecule has 0 amide bonds. The molecule has 3 rings (SSSR count). The number of hydrogen-bond acceptors (Lipinski definition) is 4. The van der Waals surface area contributed by atoms with Crippen molar-refractivity contribution in [1.82, 2.24) is 10.2 Å². The Labute approximate surface area is 118 Å². The highest BCUT2D eigenvalue weighted by atomic mass is 19.1. The van der Waals surface area contributed by atoms with Crippen molar-refractivity contribution >= 4 is 11.4 Å². The number of nitro benzene ring substituents is 1. The van der Waals surface area contributed by atoms with Crippen LogP contribution in [-0.4, -0.2) is 21.2 Å². The van der Waals surface area contributed by atoms with Gasteiger partial charge in [0.25, 0.3) is 5.69 Å². The van der Waals surface area contributed by atoms with E-state index < -0.39 is 22.2 Å². The molecule has 0 radical (unpaired) electrons. The molecule has 1 aromatic heterocycles. The standard InChI is InChI=1S/C13H12F2N4O2/c14-10-4-9(19(20)21)5-11(15)13(10)17-8-2-1-7-6-16-18-12(7)3-8/h4-6,8,17H,1-3H2,(H,16,18)/t8-/m0/s1. The Kier molecular flexibility index (Phi) is 3.28. The highest BCUT2D eigenvalue weighted by Crippen LogP contribution is 2.28. The lowest BCUT2D eigenvalue weighted by molar-refractivity contribution is -0.385. The highest BCUT2D eigenvalue weighted by molar-refractivity contribution is 5.52. The van der Waals surface area contributed by atoms with E-state index in [-0.39, 0.29) is 11.7 Å². The molecular weight excluding hydrogens is 282 g/mol. The van der Waals surface area contributed by atoms with Crippen molar-refractivity contribution in [2.45, 2.75) is 25.3 Å². The van der Waals surface area contributed by atoms with Gasteiger partial charge in [-0.3, -0.25) is 15.2 Å². The van der Waals surface area contributed by atoms with Gasteiger partial charge in [-0.05, 0) is 18.4 Å². The van der Waals surface area contributed by atoms with Gasteiger partial charge < -0.3 is 5.32 Å². The van der Waals surface area contributed by atoms with Crippen LogP contribution in [0.15, 0.2) is 18.3 Å². The Morgan fingerprint density at radius 2 is 2.10 bits per heavy atom. The minimum Gasteiger partial charge on any atom is -0.377 e. The number of nitrogens with zero attached hydrogens (tertiary/aromatic N) is 2. The number of benzene rings is 1. The van der Waals surface area contributed by atoms with Crippen LogP contribution in [0, 0.1) is 21.7 Å². The van der Waals surface area contributed by atoms with Crippen LogP contribution in [0.1, 0.15) is 17.7 Å². The van der Waals surface area contributed by atoms with Crippen molar-refractivity contribution in [3.63, 3.8) is 0 Å². The number of nitrogens with one attached hydrogen (secondary N) is 2. The van der Waals surface area contributed by atoms with Gasteiger partial charge in [-0.15, -0.1) is 0 Å². The van der Waals surface area contributed by atoms with Gasteiger partial charge in [0.05, 0.1) is 23.3 Å². The van der Waals surface area contributed by atoms with E-state index in [0.29, 0.717) is 12.8 Å². The summed E-state index contributed by atoms with van der Waals surface area (Å²) in [6, 6.07) is 1.29. The maximum Gasteiger partial charge on any atom is 0.275 e. The molecule has 1 aromatic carbocycles. The van der Waals surface area contributed by atoms with Gasteiger partial charge in [0, 0.05) is 18.2 Å². The largest absolute Gasteiger partial charge is 0.377 e. The number of anilines is 1. The summed E-state index contributed by atoms with van der Waals surface area (Å²) in [5.74, 6) is -1.92. The number of halogens is 2. The molecule has 0 bridgehead atoms. The van der Waals surface area contributed by atoms with E-state index in [4.69, 9.17) is 0 Å². The minimum atomic E-state index is -0.961. The summed E-state index contributed by atoms with van der Waals surface area (Å²) in [6.45, 7) is 0. The van der Waals surface area contributed by atoms with Gasteiger partial charge in [-0.25, -0.2) is 8.78 Å². The van der Waals surface area contributed by atoms with E-state index in [1.807, 2.05) is 0 Å². The number of rotatable bonds is 3. The van der Waals surface area contributed by atoms with Gasteiger partial charge in [0.15, 0.2) is 11.6 Å². The number of H-pyrrole nitrogens is 1. The van der Waals surface area contributed by atoms with Gasteiger partial charge in [-0.2, -0.15) is 5.10 Å². The molecule has 0 spiro atoms. The zero-order chi connectivity index (χ0) is 15.0. The van der Waals surface area contributed by atoms with Crippen molar-refractivity contribution in [2.75, 3.05) is 5.32 Å². The summed E-state index contributed by atoms with van der Waals surface area (Å²) in [6.07, 6.45) is 3.80. The SMILES string of the molecule is O=[N+]([O-])c1cc(F)c(N[C@H]2CCc3cn[nH]c3C2)c(F)c1.